The van der Waals surface area contributed by atoms with Crippen molar-refractivity contribution in [1.82, 2.24) is 9.97 Å². The highest BCUT2D eigenvalue weighted by Gasteiger charge is 1.99. The predicted octanol–water partition coefficient (Wildman–Crippen LogP) is 2.52. The van der Waals surface area contributed by atoms with E-state index in [-0.39, 0.29) is 0 Å². The third kappa shape index (κ3) is 2.95. The molecule has 0 atom stereocenters. The van der Waals surface area contributed by atoms with E-state index in [1.165, 1.54) is 0 Å². The summed E-state index contributed by atoms with van der Waals surface area (Å²) in [6, 6.07) is 11.0. The van der Waals surface area contributed by atoms with Gasteiger partial charge < -0.3 is 10.6 Å². The molecule has 2 rings (SSSR count). The van der Waals surface area contributed by atoms with Gasteiger partial charge in [0.1, 0.15) is 5.82 Å². The van der Waals surface area contributed by atoms with Crippen LogP contribution in [0.4, 0.5) is 17.5 Å². The van der Waals surface area contributed by atoms with Crippen LogP contribution in [0, 0.1) is 11.3 Å². The summed E-state index contributed by atoms with van der Waals surface area (Å²) in [6.45, 7) is 2.82. The molecule has 0 saturated heterocycles. The molecular formula is C13H13N5. The number of hydrogen-bond donors (Lipinski definition) is 2. The average molecular weight is 239 g/mol. The van der Waals surface area contributed by atoms with Crippen LogP contribution in [0.3, 0.4) is 0 Å². The Morgan fingerprint density at radius 2 is 2.00 bits per heavy atom. The normalized spacial score (nSPS) is 9.56. The lowest BCUT2D eigenvalue weighted by Gasteiger charge is -2.06. The first-order valence-electron chi connectivity index (χ1n) is 5.66. The van der Waals surface area contributed by atoms with Crippen molar-refractivity contribution in [3.05, 3.63) is 42.1 Å². The van der Waals surface area contributed by atoms with Crippen LogP contribution in [0.1, 0.15) is 12.5 Å². The molecule has 0 aliphatic heterocycles. The van der Waals surface area contributed by atoms with Crippen molar-refractivity contribution in [1.29, 1.82) is 5.26 Å². The molecule has 0 aliphatic carbocycles. The molecule has 0 radical (unpaired) electrons. The minimum Gasteiger partial charge on any atom is -0.370 e. The lowest BCUT2D eigenvalue weighted by molar-refractivity contribution is 1.11. The lowest BCUT2D eigenvalue weighted by Crippen LogP contribution is -2.02. The molecule has 0 unspecified atom stereocenters. The lowest BCUT2D eigenvalue weighted by atomic mass is 10.2. The van der Waals surface area contributed by atoms with Gasteiger partial charge in [-0.25, -0.2) is 4.98 Å². The van der Waals surface area contributed by atoms with Gasteiger partial charge >= 0.3 is 0 Å². The second-order valence-electron chi connectivity index (χ2n) is 3.61. The van der Waals surface area contributed by atoms with Crippen LogP contribution >= 0.6 is 0 Å². The van der Waals surface area contributed by atoms with E-state index in [9.17, 15) is 0 Å². The molecular weight excluding hydrogens is 226 g/mol. The Morgan fingerprint density at radius 3 is 2.67 bits per heavy atom. The van der Waals surface area contributed by atoms with Crippen molar-refractivity contribution in [2.24, 2.45) is 0 Å². The zero-order valence-corrected chi connectivity index (χ0v) is 10.0. The SMILES string of the molecule is CCNc1ccnc(Nc2ccc(C#N)cc2)n1. The predicted molar refractivity (Wildman–Crippen MR) is 70.6 cm³/mol. The molecule has 5 heteroatoms. The molecule has 0 fully saturated rings. The number of hydrogen-bond acceptors (Lipinski definition) is 5. The molecule has 1 aromatic carbocycles. The van der Waals surface area contributed by atoms with Crippen LogP contribution in [0.15, 0.2) is 36.5 Å². The first-order chi connectivity index (χ1) is 8.81. The molecule has 1 heterocycles. The minimum absolute atomic E-state index is 0.526. The van der Waals surface area contributed by atoms with Crippen LogP contribution in [-0.4, -0.2) is 16.5 Å². The topological polar surface area (TPSA) is 73.6 Å². The fraction of sp³-hybridized carbons (Fsp3) is 0.154. The Morgan fingerprint density at radius 1 is 1.22 bits per heavy atom. The standard InChI is InChI=1S/C13H13N5/c1-2-15-12-7-8-16-13(18-12)17-11-5-3-10(9-14)4-6-11/h3-8H,2H2,1H3,(H2,15,16,17,18). The van der Waals surface area contributed by atoms with Crippen molar-refractivity contribution in [3.8, 4) is 6.07 Å². The Labute approximate surface area is 106 Å². The van der Waals surface area contributed by atoms with Crippen LogP contribution < -0.4 is 10.6 Å². The van der Waals surface area contributed by atoms with Crippen LogP contribution in [-0.2, 0) is 0 Å². The molecule has 0 spiro atoms. The third-order valence-electron chi connectivity index (χ3n) is 2.28. The molecule has 18 heavy (non-hydrogen) atoms. The Kier molecular flexibility index (Phi) is 3.72. The fourth-order valence-electron chi connectivity index (χ4n) is 1.46. The Hall–Kier alpha value is -2.61. The van der Waals surface area contributed by atoms with Crippen molar-refractivity contribution in [2.75, 3.05) is 17.2 Å². The number of anilines is 3. The summed E-state index contributed by atoms with van der Waals surface area (Å²) in [5, 5.41) is 14.9. The fourth-order valence-corrected chi connectivity index (χ4v) is 1.46. The number of rotatable bonds is 4. The average Bonchev–Trinajstić information content (AvgIpc) is 2.40. The number of aromatic nitrogens is 2. The van der Waals surface area contributed by atoms with Gasteiger partial charge in [-0.15, -0.1) is 0 Å². The summed E-state index contributed by atoms with van der Waals surface area (Å²) in [4.78, 5) is 8.43. The second kappa shape index (κ2) is 5.64. The van der Waals surface area contributed by atoms with E-state index in [1.54, 1.807) is 18.3 Å². The molecule has 2 aromatic rings. The van der Waals surface area contributed by atoms with Gasteiger partial charge in [0.25, 0.3) is 0 Å². The monoisotopic (exact) mass is 239 g/mol. The van der Waals surface area contributed by atoms with Gasteiger partial charge in [0.15, 0.2) is 0 Å². The van der Waals surface area contributed by atoms with Gasteiger partial charge in [0.2, 0.25) is 5.95 Å². The molecule has 0 saturated carbocycles. The third-order valence-corrected chi connectivity index (χ3v) is 2.28. The molecule has 1 aromatic heterocycles. The maximum absolute atomic E-state index is 8.71. The molecule has 0 bridgehead atoms. The smallest absolute Gasteiger partial charge is 0.229 e. The molecule has 0 amide bonds. The molecule has 5 nitrogen and oxygen atoms in total. The van der Waals surface area contributed by atoms with E-state index in [0.717, 1.165) is 18.1 Å². The van der Waals surface area contributed by atoms with E-state index in [2.05, 4.69) is 26.7 Å². The highest BCUT2D eigenvalue weighted by molar-refractivity contribution is 5.56. The van der Waals surface area contributed by atoms with Gasteiger partial charge in [0, 0.05) is 18.4 Å². The van der Waals surface area contributed by atoms with E-state index in [1.807, 2.05) is 25.1 Å². The van der Waals surface area contributed by atoms with Gasteiger partial charge in [-0.2, -0.15) is 10.2 Å². The zero-order valence-electron chi connectivity index (χ0n) is 10.0. The number of nitrogens with zero attached hydrogens (tertiary/aromatic N) is 3. The van der Waals surface area contributed by atoms with E-state index < -0.39 is 0 Å². The van der Waals surface area contributed by atoms with Gasteiger partial charge in [-0.1, -0.05) is 0 Å². The number of nitrogens with one attached hydrogen (secondary N) is 2. The highest BCUT2D eigenvalue weighted by atomic mass is 15.1. The summed E-state index contributed by atoms with van der Waals surface area (Å²) in [5.41, 5.74) is 1.48. The van der Waals surface area contributed by atoms with E-state index in [0.29, 0.717) is 11.5 Å². The maximum Gasteiger partial charge on any atom is 0.229 e. The van der Waals surface area contributed by atoms with Crippen molar-refractivity contribution in [2.45, 2.75) is 6.92 Å². The first kappa shape index (κ1) is 11.9. The van der Waals surface area contributed by atoms with Crippen LogP contribution in [0.5, 0.6) is 0 Å². The molecule has 90 valence electrons. The zero-order chi connectivity index (χ0) is 12.8. The minimum atomic E-state index is 0.526. The van der Waals surface area contributed by atoms with Crippen molar-refractivity contribution < 1.29 is 0 Å². The molecule has 0 aliphatic rings. The summed E-state index contributed by atoms with van der Waals surface area (Å²) < 4.78 is 0. The van der Waals surface area contributed by atoms with Crippen molar-refractivity contribution in [3.63, 3.8) is 0 Å². The van der Waals surface area contributed by atoms with Crippen LogP contribution in [0.2, 0.25) is 0 Å². The Balaban J connectivity index is 2.12. The van der Waals surface area contributed by atoms with Crippen LogP contribution in [0.25, 0.3) is 0 Å². The largest absolute Gasteiger partial charge is 0.370 e. The second-order valence-corrected chi connectivity index (χ2v) is 3.61. The Bertz CT molecular complexity index is 556. The van der Waals surface area contributed by atoms with Gasteiger partial charge in [0.05, 0.1) is 11.6 Å². The summed E-state index contributed by atoms with van der Waals surface area (Å²) >= 11 is 0. The van der Waals surface area contributed by atoms with Gasteiger partial charge in [-0.05, 0) is 37.3 Å². The molecule has 2 N–H and O–H groups in total. The van der Waals surface area contributed by atoms with Crippen molar-refractivity contribution >= 4 is 17.5 Å². The quantitative estimate of drug-likeness (QED) is 0.857. The number of benzene rings is 1. The first-order valence-corrected chi connectivity index (χ1v) is 5.66. The number of nitriles is 1. The van der Waals surface area contributed by atoms with Gasteiger partial charge in [-0.3, -0.25) is 0 Å². The maximum atomic E-state index is 8.71. The summed E-state index contributed by atoms with van der Waals surface area (Å²) in [6.07, 6.45) is 1.69. The van der Waals surface area contributed by atoms with E-state index >= 15 is 0 Å². The highest BCUT2D eigenvalue weighted by Crippen LogP contribution is 2.14. The summed E-state index contributed by atoms with van der Waals surface area (Å²) in [7, 11) is 0. The van der Waals surface area contributed by atoms with E-state index in [4.69, 9.17) is 5.26 Å². The summed E-state index contributed by atoms with van der Waals surface area (Å²) in [5.74, 6) is 1.31.